The molecule has 6 heteroatoms. The van der Waals surface area contributed by atoms with Crippen LogP contribution in [0.4, 0.5) is 0 Å². The largest absolute Gasteiger partial charge is 0.478 e. The van der Waals surface area contributed by atoms with Gasteiger partial charge in [-0.3, -0.25) is 0 Å². The lowest BCUT2D eigenvalue weighted by Crippen LogP contribution is -1.85. The monoisotopic (exact) mass is 157 g/mol. The minimum absolute atomic E-state index is 0.488. The van der Waals surface area contributed by atoms with Crippen LogP contribution in [-0.2, 0) is 4.79 Å². The first-order valence-electron chi connectivity index (χ1n) is 2.35. The van der Waals surface area contributed by atoms with Gasteiger partial charge in [0.05, 0.1) is 0 Å². The maximum Gasteiger partial charge on any atom is 0.328 e. The van der Waals surface area contributed by atoms with Crippen molar-refractivity contribution in [2.75, 3.05) is 0 Å². The molecule has 1 heterocycles. The summed E-state index contributed by atoms with van der Waals surface area (Å²) in [5, 5.41) is 15.4. The van der Waals surface area contributed by atoms with Crippen LogP contribution in [0.15, 0.2) is 6.08 Å². The van der Waals surface area contributed by atoms with Crippen LogP contribution in [0.1, 0.15) is 5.01 Å². The van der Waals surface area contributed by atoms with E-state index in [0.29, 0.717) is 5.01 Å². The Labute approximate surface area is 60.2 Å². The van der Waals surface area contributed by atoms with Crippen molar-refractivity contribution in [3.63, 3.8) is 0 Å². The summed E-state index contributed by atoms with van der Waals surface area (Å²) in [5.74, 6) is -1.00. The first-order chi connectivity index (χ1) is 4.79. The molecule has 52 valence electrons. The van der Waals surface area contributed by atoms with E-state index in [4.69, 9.17) is 5.11 Å². The molecule has 0 saturated heterocycles. The van der Waals surface area contributed by atoms with Crippen LogP contribution in [-0.4, -0.2) is 25.9 Å². The van der Waals surface area contributed by atoms with Gasteiger partial charge < -0.3 is 5.11 Å². The summed E-state index contributed by atoms with van der Waals surface area (Å²) in [6.07, 6.45) is 2.33. The van der Waals surface area contributed by atoms with Crippen molar-refractivity contribution in [2.45, 2.75) is 0 Å². The lowest BCUT2D eigenvalue weighted by molar-refractivity contribution is -0.131. The van der Waals surface area contributed by atoms with E-state index in [1.165, 1.54) is 6.08 Å². The van der Waals surface area contributed by atoms with Gasteiger partial charge in [-0.05, 0) is 11.3 Å². The molecular weight excluding hydrogens is 154 g/mol. The molecule has 0 amide bonds. The van der Waals surface area contributed by atoms with Crippen molar-refractivity contribution in [1.82, 2.24) is 14.8 Å². The number of hydrogen-bond acceptors (Lipinski definition) is 5. The predicted octanol–water partition coefficient (Wildman–Crippen LogP) is 0.0309. The third-order valence-electron chi connectivity index (χ3n) is 0.683. The van der Waals surface area contributed by atoms with E-state index >= 15 is 0 Å². The number of aliphatic carboxylic acids is 1. The highest BCUT2D eigenvalue weighted by Crippen LogP contribution is 1.98. The molecule has 0 spiro atoms. The summed E-state index contributed by atoms with van der Waals surface area (Å²) in [6, 6.07) is 0. The van der Waals surface area contributed by atoms with Crippen LogP contribution in [0.3, 0.4) is 0 Å². The fourth-order valence-electron chi connectivity index (χ4n) is 0.347. The Kier molecular flexibility index (Phi) is 2.06. The summed E-state index contributed by atoms with van der Waals surface area (Å²) in [5.41, 5.74) is 0. The molecule has 1 rings (SSSR count). The second kappa shape index (κ2) is 3.02. The van der Waals surface area contributed by atoms with E-state index in [2.05, 4.69) is 14.8 Å². The molecule has 10 heavy (non-hydrogen) atoms. The molecule has 1 N–H and O–H groups in total. The maximum absolute atomic E-state index is 9.94. The summed E-state index contributed by atoms with van der Waals surface area (Å²) in [4.78, 5) is 9.94. The highest BCUT2D eigenvalue weighted by Gasteiger charge is 1.91. The first kappa shape index (κ1) is 6.81. The minimum Gasteiger partial charge on any atom is -0.478 e. The highest BCUT2D eigenvalue weighted by atomic mass is 32.1. The number of rotatable bonds is 2. The third kappa shape index (κ3) is 1.90. The zero-order chi connectivity index (χ0) is 7.40. The fraction of sp³-hybridized carbons (Fsp3) is 0. The summed E-state index contributed by atoms with van der Waals surface area (Å²) >= 11 is 1.04. The van der Waals surface area contributed by atoms with Crippen LogP contribution in [0.2, 0.25) is 0 Å². The summed E-state index contributed by atoms with van der Waals surface area (Å²) in [7, 11) is 0. The van der Waals surface area contributed by atoms with Gasteiger partial charge in [0, 0.05) is 17.6 Å². The zero-order valence-corrected chi connectivity index (χ0v) is 5.58. The Morgan fingerprint density at radius 3 is 3.00 bits per heavy atom. The number of nitrogens with zero attached hydrogens (tertiary/aromatic N) is 3. The molecule has 0 atom stereocenters. The van der Waals surface area contributed by atoms with E-state index in [-0.39, 0.29) is 0 Å². The van der Waals surface area contributed by atoms with Gasteiger partial charge in [-0.1, -0.05) is 4.49 Å². The second-order valence-electron chi connectivity index (χ2n) is 1.37. The van der Waals surface area contributed by atoms with Crippen LogP contribution in [0.5, 0.6) is 0 Å². The Balaban J connectivity index is 2.64. The van der Waals surface area contributed by atoms with E-state index in [9.17, 15) is 4.79 Å². The lowest BCUT2D eigenvalue weighted by Gasteiger charge is -1.74. The number of carboxylic acids is 1. The standard InChI is InChI=1S/C4H3N3O2S/c8-4(9)2-1-3-5-6-7-10-3/h1-2H,(H,8,9)/b2-1+. The van der Waals surface area contributed by atoms with Crippen molar-refractivity contribution in [1.29, 1.82) is 0 Å². The molecule has 1 aromatic rings. The number of carbonyl (C=O) groups is 1. The molecular formula is C4H3N3O2S. The Morgan fingerprint density at radius 1 is 1.70 bits per heavy atom. The van der Waals surface area contributed by atoms with Gasteiger partial charge in [-0.25, -0.2) is 4.79 Å². The van der Waals surface area contributed by atoms with Gasteiger partial charge in [-0.15, -0.1) is 5.10 Å². The van der Waals surface area contributed by atoms with Crippen LogP contribution >= 0.6 is 11.5 Å². The molecule has 0 aliphatic carbocycles. The second-order valence-corrected chi connectivity index (χ2v) is 2.14. The van der Waals surface area contributed by atoms with Gasteiger partial charge in [0.15, 0.2) is 5.01 Å². The van der Waals surface area contributed by atoms with E-state index < -0.39 is 5.97 Å². The Bertz CT molecular complexity index is 243. The summed E-state index contributed by atoms with van der Waals surface area (Å²) < 4.78 is 3.44. The molecule has 1 aromatic heterocycles. The van der Waals surface area contributed by atoms with Gasteiger partial charge >= 0.3 is 5.97 Å². The van der Waals surface area contributed by atoms with Gasteiger partial charge in [-0.2, -0.15) is 0 Å². The summed E-state index contributed by atoms with van der Waals surface area (Å²) in [6.45, 7) is 0. The molecule has 0 aliphatic rings. The van der Waals surface area contributed by atoms with Crippen molar-refractivity contribution in [3.05, 3.63) is 11.1 Å². The molecule has 0 bridgehead atoms. The molecule has 0 saturated carbocycles. The quantitative estimate of drug-likeness (QED) is 0.613. The minimum atomic E-state index is -1.00. The molecule has 0 fully saturated rings. The topological polar surface area (TPSA) is 76.0 Å². The Morgan fingerprint density at radius 2 is 2.50 bits per heavy atom. The van der Waals surface area contributed by atoms with Gasteiger partial charge in [0.1, 0.15) is 0 Å². The van der Waals surface area contributed by atoms with Crippen molar-refractivity contribution >= 4 is 23.6 Å². The molecule has 0 radical (unpaired) electrons. The normalized spacial score (nSPS) is 10.4. The first-order valence-corrected chi connectivity index (χ1v) is 3.12. The average Bonchev–Trinajstić information content (AvgIpc) is 2.34. The number of carboxylic acid groups (broad SMARTS) is 1. The van der Waals surface area contributed by atoms with Crippen molar-refractivity contribution in [3.8, 4) is 0 Å². The third-order valence-corrected chi connectivity index (χ3v) is 1.24. The van der Waals surface area contributed by atoms with Crippen LogP contribution in [0.25, 0.3) is 6.08 Å². The molecule has 5 nitrogen and oxygen atoms in total. The number of aromatic nitrogens is 3. The average molecular weight is 157 g/mol. The molecule has 0 aromatic carbocycles. The van der Waals surface area contributed by atoms with Gasteiger partial charge in [0.25, 0.3) is 0 Å². The van der Waals surface area contributed by atoms with E-state index in [1.807, 2.05) is 0 Å². The lowest BCUT2D eigenvalue weighted by atomic mass is 10.5. The number of hydrogen-bond donors (Lipinski definition) is 1. The predicted molar refractivity (Wildman–Crippen MR) is 34.4 cm³/mol. The van der Waals surface area contributed by atoms with E-state index in [1.54, 1.807) is 0 Å². The van der Waals surface area contributed by atoms with Crippen LogP contribution in [0, 0.1) is 0 Å². The van der Waals surface area contributed by atoms with Gasteiger partial charge in [0.2, 0.25) is 0 Å². The fourth-order valence-corrected chi connectivity index (χ4v) is 0.706. The SMILES string of the molecule is O=C(O)/C=C/c1nnns1. The smallest absolute Gasteiger partial charge is 0.328 e. The van der Waals surface area contributed by atoms with Crippen LogP contribution < -0.4 is 0 Å². The molecule has 0 unspecified atom stereocenters. The van der Waals surface area contributed by atoms with E-state index in [0.717, 1.165) is 17.6 Å². The highest BCUT2D eigenvalue weighted by molar-refractivity contribution is 7.06. The Hall–Kier alpha value is -1.30. The zero-order valence-electron chi connectivity index (χ0n) is 4.76. The van der Waals surface area contributed by atoms with Crippen molar-refractivity contribution in [2.24, 2.45) is 0 Å². The maximum atomic E-state index is 9.94. The molecule has 0 aliphatic heterocycles. The van der Waals surface area contributed by atoms with Crippen molar-refractivity contribution < 1.29 is 9.90 Å².